The van der Waals surface area contributed by atoms with Gasteiger partial charge in [-0.1, -0.05) is 24.3 Å². The molecule has 3 aromatic rings. The topological polar surface area (TPSA) is 61.8 Å². The molecule has 138 valence electrons. The zero-order valence-electron chi connectivity index (χ0n) is 15.1. The summed E-state index contributed by atoms with van der Waals surface area (Å²) in [4.78, 5) is 25.2. The van der Waals surface area contributed by atoms with E-state index in [0.717, 1.165) is 34.4 Å². The number of methoxy groups -OCH3 is 1. The summed E-state index contributed by atoms with van der Waals surface area (Å²) >= 11 is 0. The van der Waals surface area contributed by atoms with Crippen LogP contribution in [-0.4, -0.2) is 31.8 Å². The molecule has 5 heteroatoms. The number of hydrogen-bond donors (Lipinski definition) is 0. The molecule has 1 aliphatic heterocycles. The van der Waals surface area contributed by atoms with Gasteiger partial charge in [0, 0.05) is 0 Å². The van der Waals surface area contributed by atoms with Gasteiger partial charge >= 0.3 is 11.9 Å². The predicted molar refractivity (Wildman–Crippen MR) is 102 cm³/mol. The van der Waals surface area contributed by atoms with E-state index in [4.69, 9.17) is 14.2 Å². The van der Waals surface area contributed by atoms with Crippen molar-refractivity contribution in [2.24, 2.45) is 0 Å². The van der Waals surface area contributed by atoms with Crippen LogP contribution in [0.1, 0.15) is 29.6 Å². The SMILES string of the molecule is COc1ccc2c(C(=O)OC3CCCCOC3=O)c3ccccc3cc2c1. The van der Waals surface area contributed by atoms with E-state index in [1.54, 1.807) is 7.11 Å². The van der Waals surface area contributed by atoms with Crippen LogP contribution in [-0.2, 0) is 14.3 Å². The second-order valence-corrected chi connectivity index (χ2v) is 6.62. The summed E-state index contributed by atoms with van der Waals surface area (Å²) in [5.41, 5.74) is 0.461. The van der Waals surface area contributed by atoms with Crippen molar-refractivity contribution in [3.8, 4) is 5.75 Å². The smallest absolute Gasteiger partial charge is 0.347 e. The molecule has 0 radical (unpaired) electrons. The first-order valence-electron chi connectivity index (χ1n) is 9.04. The molecule has 3 aromatic carbocycles. The second kappa shape index (κ2) is 7.27. The summed E-state index contributed by atoms with van der Waals surface area (Å²) in [7, 11) is 1.61. The van der Waals surface area contributed by atoms with Gasteiger partial charge in [0.1, 0.15) is 5.75 Å². The molecule has 5 nitrogen and oxygen atoms in total. The van der Waals surface area contributed by atoms with E-state index in [1.807, 2.05) is 48.5 Å². The molecule has 27 heavy (non-hydrogen) atoms. The molecule has 0 aromatic heterocycles. The lowest BCUT2D eigenvalue weighted by Gasteiger charge is -2.16. The molecule has 0 N–H and O–H groups in total. The minimum absolute atomic E-state index is 0.379. The maximum absolute atomic E-state index is 13.1. The summed E-state index contributed by atoms with van der Waals surface area (Å²) in [6, 6.07) is 15.2. The van der Waals surface area contributed by atoms with E-state index in [0.29, 0.717) is 24.3 Å². The monoisotopic (exact) mass is 364 g/mol. The average Bonchev–Trinajstić information content (AvgIpc) is 2.89. The zero-order valence-corrected chi connectivity index (χ0v) is 15.1. The molecular weight excluding hydrogens is 344 g/mol. The van der Waals surface area contributed by atoms with Crippen LogP contribution in [0.5, 0.6) is 5.75 Å². The van der Waals surface area contributed by atoms with Gasteiger partial charge in [0.05, 0.1) is 19.3 Å². The van der Waals surface area contributed by atoms with Crippen LogP contribution in [0, 0.1) is 0 Å². The van der Waals surface area contributed by atoms with Crippen molar-refractivity contribution in [1.29, 1.82) is 0 Å². The normalized spacial score (nSPS) is 17.4. The fourth-order valence-electron chi connectivity index (χ4n) is 3.51. The van der Waals surface area contributed by atoms with Crippen LogP contribution in [0.4, 0.5) is 0 Å². The molecule has 1 unspecified atom stereocenters. The lowest BCUT2D eigenvalue weighted by atomic mass is 9.96. The number of benzene rings is 3. The van der Waals surface area contributed by atoms with Gasteiger partial charge in [0.15, 0.2) is 6.10 Å². The molecule has 0 spiro atoms. The number of hydrogen-bond acceptors (Lipinski definition) is 5. The molecule has 1 fully saturated rings. The Morgan fingerprint density at radius 2 is 1.85 bits per heavy atom. The van der Waals surface area contributed by atoms with Crippen LogP contribution < -0.4 is 4.74 Å². The molecule has 0 bridgehead atoms. The Morgan fingerprint density at radius 1 is 1.04 bits per heavy atom. The number of fused-ring (bicyclic) bond motifs is 2. The number of cyclic esters (lactones) is 1. The number of ether oxygens (including phenoxy) is 3. The van der Waals surface area contributed by atoms with Crippen molar-refractivity contribution < 1.29 is 23.8 Å². The highest BCUT2D eigenvalue weighted by atomic mass is 16.6. The van der Waals surface area contributed by atoms with E-state index in [9.17, 15) is 9.59 Å². The largest absolute Gasteiger partial charge is 0.497 e. The van der Waals surface area contributed by atoms with E-state index in [1.165, 1.54) is 0 Å². The van der Waals surface area contributed by atoms with E-state index < -0.39 is 18.0 Å². The lowest BCUT2D eigenvalue weighted by Crippen LogP contribution is -2.28. The van der Waals surface area contributed by atoms with Gasteiger partial charge in [-0.05, 0) is 65.1 Å². The maximum Gasteiger partial charge on any atom is 0.347 e. The Kier molecular flexibility index (Phi) is 4.67. The Labute approximate surface area is 156 Å². The summed E-state index contributed by atoms with van der Waals surface area (Å²) < 4.78 is 16.0. The van der Waals surface area contributed by atoms with Gasteiger partial charge in [-0.3, -0.25) is 0 Å². The molecule has 0 saturated carbocycles. The third-order valence-electron chi connectivity index (χ3n) is 4.89. The standard InChI is InChI=1S/C22H20O5/c1-25-16-9-10-18-15(13-16)12-14-6-2-3-7-17(14)20(18)22(24)27-19-8-4-5-11-26-21(19)23/h2-3,6-7,9-10,12-13,19H,4-5,8,11H2,1H3. The molecule has 1 atom stereocenters. The number of carbonyl (C=O) groups is 2. The van der Waals surface area contributed by atoms with Crippen LogP contribution in [0.2, 0.25) is 0 Å². The van der Waals surface area contributed by atoms with E-state index in [2.05, 4.69) is 0 Å². The van der Waals surface area contributed by atoms with Gasteiger partial charge in [-0.25, -0.2) is 9.59 Å². The first-order chi connectivity index (χ1) is 13.2. The maximum atomic E-state index is 13.1. The summed E-state index contributed by atoms with van der Waals surface area (Å²) in [5.74, 6) is -0.262. The summed E-state index contributed by atoms with van der Waals surface area (Å²) in [6.07, 6.45) is 1.21. The fraction of sp³-hybridized carbons (Fsp3) is 0.273. The Bertz CT molecular complexity index is 1020. The second-order valence-electron chi connectivity index (χ2n) is 6.62. The molecule has 0 aliphatic carbocycles. The van der Waals surface area contributed by atoms with E-state index >= 15 is 0 Å². The zero-order chi connectivity index (χ0) is 18.8. The molecule has 4 rings (SSSR count). The quantitative estimate of drug-likeness (QED) is 0.513. The average molecular weight is 364 g/mol. The van der Waals surface area contributed by atoms with Crippen molar-refractivity contribution in [3.63, 3.8) is 0 Å². The molecule has 1 saturated heterocycles. The predicted octanol–water partition coefficient (Wildman–Crippen LogP) is 4.25. The van der Waals surface area contributed by atoms with Gasteiger partial charge < -0.3 is 14.2 Å². The van der Waals surface area contributed by atoms with Gasteiger partial charge in [0.25, 0.3) is 0 Å². The minimum Gasteiger partial charge on any atom is -0.497 e. The lowest BCUT2D eigenvalue weighted by molar-refractivity contribution is -0.152. The number of rotatable bonds is 3. The van der Waals surface area contributed by atoms with E-state index in [-0.39, 0.29) is 0 Å². The van der Waals surface area contributed by atoms with Crippen molar-refractivity contribution in [2.45, 2.75) is 25.4 Å². The van der Waals surface area contributed by atoms with Crippen molar-refractivity contribution >= 4 is 33.5 Å². The van der Waals surface area contributed by atoms with Gasteiger partial charge in [-0.2, -0.15) is 0 Å². The summed E-state index contributed by atoms with van der Waals surface area (Å²) in [5, 5.41) is 3.36. The highest BCUT2D eigenvalue weighted by molar-refractivity contribution is 6.17. The first kappa shape index (κ1) is 17.3. The van der Waals surface area contributed by atoms with Crippen LogP contribution in [0.3, 0.4) is 0 Å². The molecule has 1 aliphatic rings. The highest BCUT2D eigenvalue weighted by Gasteiger charge is 2.28. The third-order valence-corrected chi connectivity index (χ3v) is 4.89. The molecule has 0 amide bonds. The van der Waals surface area contributed by atoms with Crippen LogP contribution >= 0.6 is 0 Å². The Hall–Kier alpha value is -3.08. The fourth-order valence-corrected chi connectivity index (χ4v) is 3.51. The highest BCUT2D eigenvalue weighted by Crippen LogP contribution is 2.32. The first-order valence-corrected chi connectivity index (χ1v) is 9.04. The number of carbonyl (C=O) groups excluding carboxylic acids is 2. The minimum atomic E-state index is -0.854. The van der Waals surface area contributed by atoms with Crippen LogP contribution in [0.25, 0.3) is 21.5 Å². The Balaban J connectivity index is 1.82. The third kappa shape index (κ3) is 3.33. The Morgan fingerprint density at radius 3 is 2.70 bits per heavy atom. The van der Waals surface area contributed by atoms with Crippen molar-refractivity contribution in [1.82, 2.24) is 0 Å². The summed E-state index contributed by atoms with van der Waals surface area (Å²) in [6.45, 7) is 0.379. The molecular formula is C22H20O5. The van der Waals surface area contributed by atoms with Gasteiger partial charge in [-0.15, -0.1) is 0 Å². The molecule has 1 heterocycles. The van der Waals surface area contributed by atoms with Crippen molar-refractivity contribution in [2.75, 3.05) is 13.7 Å². The number of esters is 2. The van der Waals surface area contributed by atoms with Crippen LogP contribution in [0.15, 0.2) is 48.5 Å². The van der Waals surface area contributed by atoms with Crippen molar-refractivity contribution in [3.05, 3.63) is 54.1 Å². The van der Waals surface area contributed by atoms with Gasteiger partial charge in [0.2, 0.25) is 0 Å².